The maximum atomic E-state index is 12.6. The van der Waals surface area contributed by atoms with Crippen molar-refractivity contribution in [2.24, 2.45) is 5.16 Å². The van der Waals surface area contributed by atoms with Crippen molar-refractivity contribution in [3.8, 4) is 5.75 Å². The Balaban J connectivity index is 1.21. The van der Waals surface area contributed by atoms with E-state index in [2.05, 4.69) is 10.5 Å². The van der Waals surface area contributed by atoms with Crippen molar-refractivity contribution in [2.75, 3.05) is 26.2 Å². The molecule has 0 atom stereocenters. The van der Waals surface area contributed by atoms with E-state index in [1.807, 2.05) is 0 Å². The molecule has 2 aliphatic heterocycles. The minimum Gasteiger partial charge on any atom is -0.484 e. The number of amides is 2. The molecule has 1 N–H and O–H groups in total. The number of nitrogens with zero attached hydrogens (tertiary/aromatic N) is 2. The molecule has 8 nitrogen and oxygen atoms in total. The lowest BCUT2D eigenvalue weighted by Gasteiger charge is -2.37. The van der Waals surface area contributed by atoms with Crippen LogP contribution in [0.15, 0.2) is 53.7 Å². The van der Waals surface area contributed by atoms with Gasteiger partial charge in [-0.1, -0.05) is 17.3 Å². The van der Waals surface area contributed by atoms with Crippen molar-refractivity contribution in [1.82, 2.24) is 10.2 Å². The Morgan fingerprint density at radius 1 is 1.11 bits per heavy atom. The van der Waals surface area contributed by atoms with Gasteiger partial charge in [0.05, 0.1) is 17.8 Å². The third-order valence-electron chi connectivity index (χ3n) is 6.24. The first kappa shape index (κ1) is 25.3. The molecule has 2 amide bonds. The van der Waals surface area contributed by atoms with E-state index in [1.54, 1.807) is 36.1 Å². The number of hydrogen-bond acceptors (Lipinski definition) is 6. The van der Waals surface area contributed by atoms with Gasteiger partial charge in [-0.05, 0) is 54.4 Å². The Morgan fingerprint density at radius 2 is 1.78 bits per heavy atom. The van der Waals surface area contributed by atoms with Crippen LogP contribution in [0.1, 0.15) is 36.5 Å². The number of halogens is 3. The van der Waals surface area contributed by atoms with Crippen LogP contribution in [0.25, 0.3) is 0 Å². The summed E-state index contributed by atoms with van der Waals surface area (Å²) < 4.78 is 48.9. The number of nitrogens with one attached hydrogen (secondary N) is 1. The third kappa shape index (κ3) is 6.27. The number of carbonyl (C=O) groups is 2. The second kappa shape index (κ2) is 10.5. The molecule has 2 saturated heterocycles. The fourth-order valence-electron chi connectivity index (χ4n) is 4.02. The van der Waals surface area contributed by atoms with Crippen molar-refractivity contribution in [1.29, 1.82) is 0 Å². The van der Waals surface area contributed by atoms with E-state index < -0.39 is 23.4 Å². The first-order chi connectivity index (χ1) is 17.1. The van der Waals surface area contributed by atoms with Crippen LogP contribution in [0, 0.1) is 0 Å². The molecule has 0 aliphatic carbocycles. The molecule has 1 spiro atoms. The Bertz CT molecular complexity index is 1110. The fourth-order valence-corrected chi connectivity index (χ4v) is 4.02. The number of oxime groups is 1. The third-order valence-corrected chi connectivity index (χ3v) is 6.24. The molecule has 2 fully saturated rings. The minimum absolute atomic E-state index is 0.0371. The average Bonchev–Trinajstić information content (AvgIpc) is 3.22. The van der Waals surface area contributed by atoms with Crippen LogP contribution in [0.5, 0.6) is 5.75 Å². The maximum Gasteiger partial charge on any atom is 0.416 e. The second-order valence-electron chi connectivity index (χ2n) is 8.76. The zero-order valence-electron chi connectivity index (χ0n) is 19.6. The van der Waals surface area contributed by atoms with E-state index >= 15 is 0 Å². The summed E-state index contributed by atoms with van der Waals surface area (Å²) in [6.07, 6.45) is -3.61. The van der Waals surface area contributed by atoms with Crippen LogP contribution in [-0.2, 0) is 27.2 Å². The molecule has 2 aromatic rings. The number of rotatable bonds is 7. The van der Waals surface area contributed by atoms with E-state index in [9.17, 15) is 22.8 Å². The van der Waals surface area contributed by atoms with Gasteiger partial charge in [0, 0.05) is 25.9 Å². The van der Waals surface area contributed by atoms with Gasteiger partial charge in [-0.3, -0.25) is 4.79 Å². The molecule has 11 heteroatoms. The fraction of sp³-hybridized carbons (Fsp3) is 0.400. The number of ether oxygens (including phenoxy) is 2. The standard InChI is InChI=1S/C25H26F3N3O5/c1-17(30-35-14-18-2-6-20(7-3-18)25(26,27)28)19-4-8-21(9-5-19)34-15-22(32)31-12-10-24(11-13-31)16-29-23(33)36-24/h2-9H,10-16H2,1H3,(H,29,33)/b30-17+. The zero-order chi connectivity index (χ0) is 25.8. The van der Waals surface area contributed by atoms with Crippen LogP contribution in [0.4, 0.5) is 18.0 Å². The molecule has 0 bridgehead atoms. The minimum atomic E-state index is -4.38. The number of benzene rings is 2. The van der Waals surface area contributed by atoms with Crippen molar-refractivity contribution in [2.45, 2.75) is 38.1 Å². The monoisotopic (exact) mass is 505 g/mol. The van der Waals surface area contributed by atoms with Crippen LogP contribution < -0.4 is 10.1 Å². The Labute approximate surface area is 206 Å². The smallest absolute Gasteiger partial charge is 0.416 e. The summed E-state index contributed by atoms with van der Waals surface area (Å²) in [6, 6.07) is 11.7. The Kier molecular flexibility index (Phi) is 7.37. The van der Waals surface area contributed by atoms with Crippen molar-refractivity contribution in [3.63, 3.8) is 0 Å². The number of piperidine rings is 1. The summed E-state index contributed by atoms with van der Waals surface area (Å²) in [5, 5.41) is 6.69. The second-order valence-corrected chi connectivity index (χ2v) is 8.76. The quantitative estimate of drug-likeness (QED) is 0.452. The highest BCUT2D eigenvalue weighted by molar-refractivity contribution is 5.98. The van der Waals surface area contributed by atoms with Gasteiger partial charge in [0.2, 0.25) is 0 Å². The summed E-state index contributed by atoms with van der Waals surface area (Å²) >= 11 is 0. The molecule has 0 saturated carbocycles. The zero-order valence-corrected chi connectivity index (χ0v) is 19.6. The Hall–Kier alpha value is -3.76. The molecule has 0 aromatic heterocycles. The summed E-state index contributed by atoms with van der Waals surface area (Å²) in [7, 11) is 0. The van der Waals surface area contributed by atoms with Gasteiger partial charge in [-0.2, -0.15) is 13.2 Å². The highest BCUT2D eigenvalue weighted by Gasteiger charge is 2.43. The maximum absolute atomic E-state index is 12.6. The molecule has 4 rings (SSSR count). The molecule has 2 aliphatic rings. The van der Waals surface area contributed by atoms with E-state index in [0.717, 1.165) is 17.7 Å². The van der Waals surface area contributed by atoms with Crippen LogP contribution in [0.2, 0.25) is 0 Å². The highest BCUT2D eigenvalue weighted by Crippen LogP contribution is 2.30. The lowest BCUT2D eigenvalue weighted by molar-refractivity contribution is -0.138. The van der Waals surface area contributed by atoms with E-state index in [4.69, 9.17) is 14.3 Å². The molecule has 0 unspecified atom stereocenters. The highest BCUT2D eigenvalue weighted by atomic mass is 19.4. The Morgan fingerprint density at radius 3 is 2.36 bits per heavy atom. The molecular formula is C25H26F3N3O5. The number of alkyl halides is 3. The largest absolute Gasteiger partial charge is 0.484 e. The summed E-state index contributed by atoms with van der Waals surface area (Å²) in [5.74, 6) is 0.383. The topological polar surface area (TPSA) is 89.5 Å². The van der Waals surface area contributed by atoms with Gasteiger partial charge in [-0.25, -0.2) is 4.79 Å². The van der Waals surface area contributed by atoms with Gasteiger partial charge in [0.1, 0.15) is 18.0 Å². The van der Waals surface area contributed by atoms with Gasteiger partial charge in [0.15, 0.2) is 6.61 Å². The van der Waals surface area contributed by atoms with E-state index in [1.165, 1.54) is 12.1 Å². The van der Waals surface area contributed by atoms with Crippen LogP contribution >= 0.6 is 0 Å². The molecule has 0 radical (unpaired) electrons. The van der Waals surface area contributed by atoms with E-state index in [-0.39, 0.29) is 19.1 Å². The van der Waals surface area contributed by atoms with Crippen molar-refractivity contribution in [3.05, 3.63) is 65.2 Å². The van der Waals surface area contributed by atoms with Gasteiger partial charge in [0.25, 0.3) is 5.91 Å². The number of alkyl carbamates (subject to hydrolysis) is 1. The van der Waals surface area contributed by atoms with Crippen molar-refractivity contribution < 1.29 is 37.1 Å². The lowest BCUT2D eigenvalue weighted by Crippen LogP contribution is -2.49. The number of hydrogen-bond donors (Lipinski definition) is 1. The SMILES string of the molecule is C/C(=N\OCc1ccc(C(F)(F)F)cc1)c1ccc(OCC(=O)N2CCC3(CC2)CNC(=O)O3)cc1. The molecular weight excluding hydrogens is 479 g/mol. The number of carbonyl (C=O) groups excluding carboxylic acids is 2. The first-order valence-electron chi connectivity index (χ1n) is 11.4. The summed E-state index contributed by atoms with van der Waals surface area (Å²) in [6.45, 7) is 3.14. The molecule has 2 aromatic carbocycles. The first-order valence-corrected chi connectivity index (χ1v) is 11.4. The molecule has 36 heavy (non-hydrogen) atoms. The van der Waals surface area contributed by atoms with Crippen molar-refractivity contribution >= 4 is 17.7 Å². The predicted molar refractivity (Wildman–Crippen MR) is 123 cm³/mol. The number of likely N-dealkylation sites (tertiary alicyclic amines) is 1. The lowest BCUT2D eigenvalue weighted by atomic mass is 9.91. The molecule has 2 heterocycles. The van der Waals surface area contributed by atoms with Gasteiger partial charge < -0.3 is 24.5 Å². The average molecular weight is 505 g/mol. The molecule has 192 valence electrons. The summed E-state index contributed by atoms with van der Waals surface area (Å²) in [4.78, 5) is 30.8. The van der Waals surface area contributed by atoms with Crippen LogP contribution in [-0.4, -0.2) is 54.5 Å². The van der Waals surface area contributed by atoms with Crippen LogP contribution in [0.3, 0.4) is 0 Å². The van der Waals surface area contributed by atoms with Gasteiger partial charge in [-0.15, -0.1) is 0 Å². The normalized spacial score (nSPS) is 17.5. The van der Waals surface area contributed by atoms with E-state index in [0.29, 0.717) is 49.5 Å². The van der Waals surface area contributed by atoms with Gasteiger partial charge >= 0.3 is 12.3 Å². The summed E-state index contributed by atoms with van der Waals surface area (Å²) in [5.41, 5.74) is 0.688. The predicted octanol–water partition coefficient (Wildman–Crippen LogP) is 4.13.